The van der Waals surface area contributed by atoms with E-state index in [1.165, 1.54) is 13.1 Å². The Morgan fingerprint density at radius 3 is 2.29 bits per heavy atom. The third-order valence-electron chi connectivity index (χ3n) is 1.48. The van der Waals surface area contributed by atoms with Crippen molar-refractivity contribution < 1.29 is 14.7 Å². The van der Waals surface area contributed by atoms with Gasteiger partial charge in [-0.05, 0) is 14.1 Å². The van der Waals surface area contributed by atoms with E-state index in [9.17, 15) is 9.59 Å². The molecule has 0 aliphatic rings. The van der Waals surface area contributed by atoms with Gasteiger partial charge in [0.15, 0.2) is 0 Å². The Morgan fingerprint density at radius 2 is 1.86 bits per heavy atom. The van der Waals surface area contributed by atoms with E-state index < -0.39 is 5.97 Å². The van der Waals surface area contributed by atoms with Crippen LogP contribution in [-0.4, -0.2) is 61.0 Å². The Morgan fingerprint density at radius 1 is 1.29 bits per heavy atom. The molecular weight excluding hydrogens is 184 g/mol. The van der Waals surface area contributed by atoms with Crippen molar-refractivity contribution in [1.29, 1.82) is 0 Å². The van der Waals surface area contributed by atoms with Gasteiger partial charge in [0.25, 0.3) is 0 Å². The van der Waals surface area contributed by atoms with Crippen LogP contribution in [0.1, 0.15) is 0 Å². The van der Waals surface area contributed by atoms with E-state index in [4.69, 9.17) is 5.11 Å². The van der Waals surface area contributed by atoms with Crippen LogP contribution in [0.3, 0.4) is 0 Å². The maximum atomic E-state index is 11.2. The van der Waals surface area contributed by atoms with Gasteiger partial charge < -0.3 is 14.9 Å². The number of hydrogen-bond acceptors (Lipinski definition) is 3. The van der Waals surface area contributed by atoms with E-state index >= 15 is 0 Å². The Balaban J connectivity index is 3.94. The summed E-state index contributed by atoms with van der Waals surface area (Å²) in [6.45, 7) is 0.387. The predicted molar refractivity (Wildman–Crippen MR) is 53.0 cm³/mol. The van der Waals surface area contributed by atoms with Crippen molar-refractivity contribution in [2.24, 2.45) is 0 Å². The average molecular weight is 200 g/mol. The third kappa shape index (κ3) is 6.19. The number of carboxylic acids is 1. The Bertz CT molecular complexity index is 236. The average Bonchev–Trinajstić information content (AvgIpc) is 2.01. The molecule has 0 aliphatic heterocycles. The topological polar surface area (TPSA) is 60.9 Å². The number of aliphatic carboxylic acids is 1. The predicted octanol–water partition coefficient (Wildman–Crippen LogP) is -0.353. The largest absolute Gasteiger partial charge is 0.480 e. The molecule has 0 aliphatic carbocycles. The number of carboxylic acid groups (broad SMARTS) is 1. The molecule has 1 amide bonds. The number of amides is 1. The highest BCUT2D eigenvalue weighted by Gasteiger charge is 2.07. The molecular formula is C9H16N2O3. The lowest BCUT2D eigenvalue weighted by Gasteiger charge is -2.11. The van der Waals surface area contributed by atoms with Gasteiger partial charge in [-0.3, -0.25) is 9.59 Å². The molecule has 0 heterocycles. The summed E-state index contributed by atoms with van der Waals surface area (Å²) in [7, 11) is 5.22. The van der Waals surface area contributed by atoms with E-state index in [2.05, 4.69) is 0 Å². The summed E-state index contributed by atoms with van der Waals surface area (Å²) in [6, 6.07) is 0. The molecule has 80 valence electrons. The number of rotatable bonds is 5. The van der Waals surface area contributed by atoms with Gasteiger partial charge in [0.1, 0.15) is 6.54 Å². The number of hydrogen-bond donors (Lipinski definition) is 1. The zero-order valence-electron chi connectivity index (χ0n) is 8.73. The van der Waals surface area contributed by atoms with Crippen LogP contribution in [0.4, 0.5) is 0 Å². The molecule has 5 heteroatoms. The van der Waals surface area contributed by atoms with Crippen LogP contribution < -0.4 is 0 Å². The highest BCUT2D eigenvalue weighted by Crippen LogP contribution is 1.87. The third-order valence-corrected chi connectivity index (χ3v) is 1.48. The molecule has 14 heavy (non-hydrogen) atoms. The maximum Gasteiger partial charge on any atom is 0.323 e. The summed E-state index contributed by atoms with van der Waals surface area (Å²) in [5.74, 6) is -1.31. The first kappa shape index (κ1) is 12.6. The second-order valence-corrected chi connectivity index (χ2v) is 3.25. The molecule has 0 spiro atoms. The van der Waals surface area contributed by atoms with Crippen LogP contribution in [-0.2, 0) is 9.59 Å². The van der Waals surface area contributed by atoms with Crippen molar-refractivity contribution in [3.8, 4) is 0 Å². The molecule has 0 aromatic carbocycles. The van der Waals surface area contributed by atoms with Crippen molar-refractivity contribution in [3.05, 3.63) is 12.2 Å². The van der Waals surface area contributed by atoms with E-state index in [1.54, 1.807) is 6.08 Å². The highest BCUT2D eigenvalue weighted by atomic mass is 16.4. The second-order valence-electron chi connectivity index (χ2n) is 3.25. The molecule has 0 aromatic heterocycles. The number of carbonyl (C=O) groups excluding carboxylic acids is 1. The fraction of sp³-hybridized carbons (Fsp3) is 0.556. The first-order chi connectivity index (χ1) is 6.43. The molecule has 0 unspecified atom stereocenters. The van der Waals surface area contributed by atoms with Crippen LogP contribution >= 0.6 is 0 Å². The fourth-order valence-electron chi connectivity index (χ4n) is 0.772. The lowest BCUT2D eigenvalue weighted by Crippen LogP contribution is -2.30. The summed E-state index contributed by atoms with van der Waals surface area (Å²) >= 11 is 0. The number of nitrogens with zero attached hydrogens (tertiary/aromatic N) is 2. The zero-order valence-corrected chi connectivity index (χ0v) is 8.73. The van der Waals surface area contributed by atoms with Gasteiger partial charge in [-0.25, -0.2) is 0 Å². The molecule has 0 bridgehead atoms. The Kier molecular flexibility index (Phi) is 5.55. The fourth-order valence-corrected chi connectivity index (χ4v) is 0.772. The van der Waals surface area contributed by atoms with E-state index in [-0.39, 0.29) is 12.5 Å². The van der Waals surface area contributed by atoms with E-state index in [0.29, 0.717) is 6.54 Å². The summed E-state index contributed by atoms with van der Waals surface area (Å²) in [4.78, 5) is 24.5. The van der Waals surface area contributed by atoms with Gasteiger partial charge in [-0.15, -0.1) is 0 Å². The SMILES string of the molecule is CN(C)C/C=C/C(=O)N(C)CC(=O)O. The van der Waals surface area contributed by atoms with Gasteiger partial charge in [0.2, 0.25) is 5.91 Å². The van der Waals surface area contributed by atoms with Crippen LogP contribution in [0, 0.1) is 0 Å². The van der Waals surface area contributed by atoms with Gasteiger partial charge >= 0.3 is 5.97 Å². The lowest BCUT2D eigenvalue weighted by molar-refractivity contribution is -0.141. The molecule has 5 nitrogen and oxygen atoms in total. The molecule has 0 fully saturated rings. The molecule has 0 atom stereocenters. The van der Waals surface area contributed by atoms with E-state index in [0.717, 1.165) is 4.90 Å². The second kappa shape index (κ2) is 6.15. The smallest absolute Gasteiger partial charge is 0.323 e. The molecule has 0 aromatic rings. The van der Waals surface area contributed by atoms with Crippen LogP contribution in [0.25, 0.3) is 0 Å². The first-order valence-corrected chi connectivity index (χ1v) is 4.21. The van der Waals surface area contributed by atoms with Gasteiger partial charge in [-0.2, -0.15) is 0 Å². The minimum Gasteiger partial charge on any atom is -0.480 e. The van der Waals surface area contributed by atoms with Gasteiger partial charge in [0, 0.05) is 19.7 Å². The quantitative estimate of drug-likeness (QED) is 0.616. The van der Waals surface area contributed by atoms with Crippen molar-refractivity contribution in [2.45, 2.75) is 0 Å². The Labute approximate surface area is 83.6 Å². The summed E-state index contributed by atoms with van der Waals surface area (Å²) in [5.41, 5.74) is 0. The summed E-state index contributed by atoms with van der Waals surface area (Å²) < 4.78 is 0. The minimum atomic E-state index is -1.01. The first-order valence-electron chi connectivity index (χ1n) is 4.21. The Hall–Kier alpha value is -1.36. The van der Waals surface area contributed by atoms with Gasteiger partial charge in [0.05, 0.1) is 0 Å². The van der Waals surface area contributed by atoms with Crippen LogP contribution in [0.5, 0.6) is 0 Å². The van der Waals surface area contributed by atoms with Crippen LogP contribution in [0.2, 0.25) is 0 Å². The van der Waals surface area contributed by atoms with Gasteiger partial charge in [-0.1, -0.05) is 6.08 Å². The molecule has 1 N–H and O–H groups in total. The standard InChI is InChI=1S/C9H16N2O3/c1-10(2)6-4-5-8(12)11(3)7-9(13)14/h4-5H,6-7H2,1-3H3,(H,13,14)/b5-4+. The molecule has 0 saturated carbocycles. The molecule has 0 saturated heterocycles. The number of likely N-dealkylation sites (N-methyl/N-ethyl adjacent to an activating group) is 2. The summed E-state index contributed by atoms with van der Waals surface area (Å²) in [5, 5.41) is 8.42. The minimum absolute atomic E-state index is 0.273. The summed E-state index contributed by atoms with van der Waals surface area (Å²) in [6.07, 6.45) is 3.07. The molecule has 0 radical (unpaired) electrons. The van der Waals surface area contributed by atoms with Crippen molar-refractivity contribution in [3.63, 3.8) is 0 Å². The zero-order chi connectivity index (χ0) is 11.1. The highest BCUT2D eigenvalue weighted by molar-refractivity contribution is 5.89. The van der Waals surface area contributed by atoms with Crippen molar-refractivity contribution in [2.75, 3.05) is 34.2 Å². The number of carbonyl (C=O) groups is 2. The lowest BCUT2D eigenvalue weighted by atomic mass is 10.4. The maximum absolute atomic E-state index is 11.2. The normalized spacial score (nSPS) is 10.9. The van der Waals surface area contributed by atoms with Crippen LogP contribution in [0.15, 0.2) is 12.2 Å². The monoisotopic (exact) mass is 200 g/mol. The van der Waals surface area contributed by atoms with Crippen molar-refractivity contribution >= 4 is 11.9 Å². The van der Waals surface area contributed by atoms with E-state index in [1.807, 2.05) is 19.0 Å². The van der Waals surface area contributed by atoms with Crippen molar-refractivity contribution in [1.82, 2.24) is 9.80 Å². The molecule has 0 rings (SSSR count).